The Hall–Kier alpha value is -3.27. The molecule has 4 aromatic rings. The summed E-state index contributed by atoms with van der Waals surface area (Å²) in [5.74, 6) is -0.107. The van der Waals surface area contributed by atoms with Gasteiger partial charge in [0.1, 0.15) is 11.6 Å². The molecule has 8 nitrogen and oxygen atoms in total. The van der Waals surface area contributed by atoms with Crippen LogP contribution in [-0.2, 0) is 7.05 Å². The Balaban J connectivity index is 1.53. The minimum atomic E-state index is -0.518. The molecule has 2 N–H and O–H groups in total. The Morgan fingerprint density at radius 1 is 1.06 bits per heavy atom. The molecule has 0 aliphatic carbocycles. The normalized spacial score (nSPS) is 19.5. The summed E-state index contributed by atoms with van der Waals surface area (Å²) < 4.78 is 32.7. The quantitative estimate of drug-likeness (QED) is 0.524. The zero-order valence-electron chi connectivity index (χ0n) is 17.8. The summed E-state index contributed by atoms with van der Waals surface area (Å²) in [4.78, 5) is 6.24. The highest BCUT2D eigenvalue weighted by Gasteiger charge is 2.24. The predicted molar refractivity (Wildman–Crippen MR) is 116 cm³/mol. The van der Waals surface area contributed by atoms with Crippen molar-refractivity contribution >= 4 is 33.7 Å². The largest absolute Gasteiger partial charge is 0.368 e. The molecule has 1 aromatic carbocycles. The van der Waals surface area contributed by atoms with Gasteiger partial charge in [0.2, 0.25) is 0 Å². The van der Waals surface area contributed by atoms with Gasteiger partial charge in [0.15, 0.2) is 17.3 Å². The second kappa shape index (κ2) is 7.16. The summed E-state index contributed by atoms with van der Waals surface area (Å²) in [5, 5.41) is 15.5. The van der Waals surface area contributed by atoms with E-state index in [1.165, 1.54) is 10.6 Å². The average Bonchev–Trinajstić information content (AvgIpc) is 3.21. The monoisotopic (exact) mass is 426 g/mol. The highest BCUT2D eigenvalue weighted by molar-refractivity contribution is 5.94. The molecule has 162 valence electrons. The smallest absolute Gasteiger partial charge is 0.191 e. The van der Waals surface area contributed by atoms with Gasteiger partial charge in [0, 0.05) is 44.0 Å². The molecule has 1 aliphatic heterocycles. The van der Waals surface area contributed by atoms with Crippen LogP contribution in [0.4, 0.5) is 26.0 Å². The number of anilines is 3. The van der Waals surface area contributed by atoms with E-state index in [0.717, 1.165) is 18.8 Å². The van der Waals surface area contributed by atoms with Gasteiger partial charge < -0.3 is 15.5 Å². The number of nitrogens with zero attached hydrogens (tertiary/aromatic N) is 6. The third kappa shape index (κ3) is 3.46. The maximum atomic E-state index is 15.3. The van der Waals surface area contributed by atoms with E-state index >= 15 is 4.39 Å². The van der Waals surface area contributed by atoms with Crippen molar-refractivity contribution in [2.24, 2.45) is 7.05 Å². The molecule has 0 radical (unpaired) electrons. The molecule has 1 aliphatic rings. The maximum Gasteiger partial charge on any atom is 0.191 e. The van der Waals surface area contributed by atoms with Gasteiger partial charge in [-0.1, -0.05) is 0 Å². The molecule has 0 amide bonds. The molecule has 0 spiro atoms. The first kappa shape index (κ1) is 19.7. The molecular formula is C21H24F2N8. The topological polar surface area (TPSA) is 75.3 Å². The lowest BCUT2D eigenvalue weighted by Crippen LogP contribution is -2.54. The van der Waals surface area contributed by atoms with Crippen LogP contribution in [0.1, 0.15) is 19.7 Å². The van der Waals surface area contributed by atoms with Crippen molar-refractivity contribution in [1.29, 1.82) is 0 Å². The van der Waals surface area contributed by atoms with Gasteiger partial charge in [0.05, 0.1) is 22.8 Å². The lowest BCUT2D eigenvalue weighted by molar-refractivity contribution is 0.407. The van der Waals surface area contributed by atoms with E-state index in [1.807, 2.05) is 6.07 Å². The van der Waals surface area contributed by atoms with Crippen LogP contribution in [-0.4, -0.2) is 49.6 Å². The number of piperazine rings is 1. The van der Waals surface area contributed by atoms with Gasteiger partial charge in [0.25, 0.3) is 0 Å². The SMILES string of the molecule is Cc1nc2c(F)cc(Nc3nn(C)c4cc(N5C[C@H](C)N[C@@H](C)C5)cc(F)c34)cn2n1. The van der Waals surface area contributed by atoms with Crippen LogP contribution in [0.15, 0.2) is 24.4 Å². The van der Waals surface area contributed by atoms with Crippen LogP contribution in [0.3, 0.4) is 0 Å². The van der Waals surface area contributed by atoms with Crippen molar-refractivity contribution in [1.82, 2.24) is 29.7 Å². The molecular weight excluding hydrogens is 402 g/mol. The second-order valence-corrected chi connectivity index (χ2v) is 8.30. The van der Waals surface area contributed by atoms with E-state index in [1.54, 1.807) is 30.9 Å². The number of aromatic nitrogens is 5. The van der Waals surface area contributed by atoms with E-state index in [2.05, 4.69) is 44.6 Å². The van der Waals surface area contributed by atoms with Crippen LogP contribution >= 0.6 is 0 Å². The van der Waals surface area contributed by atoms with Crippen LogP contribution in [0.2, 0.25) is 0 Å². The van der Waals surface area contributed by atoms with Crippen molar-refractivity contribution < 1.29 is 8.78 Å². The molecule has 31 heavy (non-hydrogen) atoms. The van der Waals surface area contributed by atoms with Gasteiger partial charge in [-0.15, -0.1) is 0 Å². The highest BCUT2D eigenvalue weighted by Crippen LogP contribution is 2.32. The van der Waals surface area contributed by atoms with E-state index in [9.17, 15) is 4.39 Å². The van der Waals surface area contributed by atoms with E-state index < -0.39 is 5.82 Å². The Bertz CT molecular complexity index is 1280. The van der Waals surface area contributed by atoms with Crippen molar-refractivity contribution in [3.05, 3.63) is 41.9 Å². The van der Waals surface area contributed by atoms with E-state index in [-0.39, 0.29) is 11.5 Å². The molecule has 1 fully saturated rings. The van der Waals surface area contributed by atoms with Gasteiger partial charge in [-0.05, 0) is 32.9 Å². The highest BCUT2D eigenvalue weighted by atomic mass is 19.1. The zero-order chi connectivity index (χ0) is 21.9. The van der Waals surface area contributed by atoms with Gasteiger partial charge in [-0.25, -0.2) is 18.3 Å². The van der Waals surface area contributed by atoms with E-state index in [0.29, 0.717) is 40.3 Å². The minimum Gasteiger partial charge on any atom is -0.368 e. The molecule has 0 bridgehead atoms. The first-order valence-electron chi connectivity index (χ1n) is 10.3. The number of hydrogen-bond acceptors (Lipinski definition) is 6. The number of halogens is 2. The molecule has 10 heteroatoms. The standard InChI is InChI=1S/C21H24F2N8/c1-11-8-30(9-12(2)24-11)15-6-16(22)19-18(7-15)29(4)28-20(19)26-14-5-17(23)21-25-13(3)27-31(21)10-14/h5-7,10-12,24H,8-9H2,1-4H3,(H,26,28)/t11-,12-/m0/s1. The maximum absolute atomic E-state index is 15.3. The summed E-state index contributed by atoms with van der Waals surface area (Å²) in [6.07, 6.45) is 1.61. The Morgan fingerprint density at radius 2 is 1.81 bits per heavy atom. The number of fused-ring (bicyclic) bond motifs is 2. The summed E-state index contributed by atoms with van der Waals surface area (Å²) >= 11 is 0. The molecule has 0 unspecified atom stereocenters. The van der Waals surface area contributed by atoms with Crippen molar-refractivity contribution in [2.45, 2.75) is 32.9 Å². The van der Waals surface area contributed by atoms with Crippen molar-refractivity contribution in [3.63, 3.8) is 0 Å². The first-order valence-corrected chi connectivity index (χ1v) is 10.3. The molecule has 1 saturated heterocycles. The van der Waals surface area contributed by atoms with Crippen LogP contribution < -0.4 is 15.5 Å². The average molecular weight is 426 g/mol. The lowest BCUT2D eigenvalue weighted by atomic mass is 10.1. The number of rotatable bonds is 3. The second-order valence-electron chi connectivity index (χ2n) is 8.30. The van der Waals surface area contributed by atoms with Gasteiger partial charge in [-0.2, -0.15) is 10.2 Å². The lowest BCUT2D eigenvalue weighted by Gasteiger charge is -2.37. The molecule has 3 aromatic heterocycles. The number of pyridine rings is 1. The zero-order valence-corrected chi connectivity index (χ0v) is 17.8. The molecule has 5 rings (SSSR count). The summed E-state index contributed by atoms with van der Waals surface area (Å²) in [6, 6.07) is 5.43. The van der Waals surface area contributed by atoms with Crippen LogP contribution in [0.5, 0.6) is 0 Å². The molecule has 0 saturated carbocycles. The number of hydrogen-bond donors (Lipinski definition) is 2. The summed E-state index contributed by atoms with van der Waals surface area (Å²) in [6.45, 7) is 7.54. The number of nitrogens with one attached hydrogen (secondary N) is 2. The summed E-state index contributed by atoms with van der Waals surface area (Å²) in [7, 11) is 1.77. The fraction of sp³-hybridized carbons (Fsp3) is 0.381. The van der Waals surface area contributed by atoms with Gasteiger partial charge >= 0.3 is 0 Å². The fourth-order valence-corrected chi connectivity index (χ4v) is 4.39. The minimum absolute atomic E-state index is 0.143. The third-order valence-electron chi connectivity index (χ3n) is 5.57. The summed E-state index contributed by atoms with van der Waals surface area (Å²) in [5.41, 5.74) is 2.03. The predicted octanol–water partition coefficient (Wildman–Crippen LogP) is 3.13. The third-order valence-corrected chi connectivity index (χ3v) is 5.57. The van der Waals surface area contributed by atoms with Crippen molar-refractivity contribution in [3.8, 4) is 0 Å². The number of aryl methyl sites for hydroxylation is 2. The number of benzene rings is 1. The van der Waals surface area contributed by atoms with Crippen molar-refractivity contribution in [2.75, 3.05) is 23.3 Å². The van der Waals surface area contributed by atoms with Crippen LogP contribution in [0, 0.1) is 18.6 Å². The Morgan fingerprint density at radius 3 is 2.55 bits per heavy atom. The van der Waals surface area contributed by atoms with E-state index in [4.69, 9.17) is 0 Å². The first-order chi connectivity index (χ1) is 14.8. The Labute approximate surface area is 177 Å². The fourth-order valence-electron chi connectivity index (χ4n) is 4.39. The molecule has 4 heterocycles. The van der Waals surface area contributed by atoms with Crippen LogP contribution in [0.25, 0.3) is 16.6 Å². The molecule has 2 atom stereocenters. The van der Waals surface area contributed by atoms with Gasteiger partial charge in [-0.3, -0.25) is 4.68 Å². The Kier molecular flexibility index (Phi) is 4.54.